The number of aromatic nitrogens is 2. The highest BCUT2D eigenvalue weighted by Crippen LogP contribution is 2.33. The van der Waals surface area contributed by atoms with Gasteiger partial charge in [0.2, 0.25) is 10.0 Å². The number of nitrogens with one attached hydrogen (secondary N) is 2. The Morgan fingerprint density at radius 2 is 2.10 bits per heavy atom. The number of fused-ring (bicyclic) bond motifs is 1. The van der Waals surface area contributed by atoms with E-state index < -0.39 is 15.6 Å². The summed E-state index contributed by atoms with van der Waals surface area (Å²) in [6, 6.07) is 4.12. The Bertz CT molecular complexity index is 1050. The molecule has 1 saturated carbocycles. The fourth-order valence-corrected chi connectivity index (χ4v) is 6.66. The van der Waals surface area contributed by atoms with Gasteiger partial charge in [-0.25, -0.2) is 13.4 Å². The lowest BCUT2D eigenvalue weighted by Crippen LogP contribution is -2.37. The van der Waals surface area contributed by atoms with Crippen LogP contribution in [-0.2, 0) is 10.0 Å². The maximum Gasteiger partial charge on any atom is 0.214 e. The monoisotopic (exact) mass is 431 g/mol. The van der Waals surface area contributed by atoms with Gasteiger partial charge >= 0.3 is 0 Å². The number of aromatic amines is 1. The molecule has 2 aromatic rings. The highest BCUT2D eigenvalue weighted by Gasteiger charge is 2.39. The van der Waals surface area contributed by atoms with Crippen molar-refractivity contribution in [1.82, 2.24) is 14.3 Å². The second-order valence-electron chi connectivity index (χ2n) is 9.03. The summed E-state index contributed by atoms with van der Waals surface area (Å²) >= 11 is 0. The maximum absolute atomic E-state index is 12.7. The van der Waals surface area contributed by atoms with E-state index in [0.717, 1.165) is 48.9 Å². The van der Waals surface area contributed by atoms with Crippen molar-refractivity contribution in [2.45, 2.75) is 44.6 Å². The third kappa shape index (κ3) is 4.46. The number of pyridine rings is 1. The number of rotatable bonds is 6. The average Bonchev–Trinajstić information content (AvgIpc) is 3.33. The highest BCUT2D eigenvalue weighted by molar-refractivity contribution is 7.89. The van der Waals surface area contributed by atoms with E-state index in [0.29, 0.717) is 24.4 Å². The van der Waals surface area contributed by atoms with Crippen molar-refractivity contribution in [3.8, 4) is 6.07 Å². The van der Waals surface area contributed by atoms with Gasteiger partial charge < -0.3 is 15.4 Å². The fourth-order valence-electron chi connectivity index (χ4n) is 4.68. The Kier molecular flexibility index (Phi) is 5.75. The van der Waals surface area contributed by atoms with Crippen LogP contribution in [0.5, 0.6) is 0 Å². The molecule has 1 aliphatic heterocycles. The van der Waals surface area contributed by atoms with E-state index in [4.69, 9.17) is 0 Å². The molecule has 0 spiro atoms. The summed E-state index contributed by atoms with van der Waals surface area (Å²) in [7, 11) is -3.32. The molecule has 30 heavy (non-hydrogen) atoms. The first kappa shape index (κ1) is 21.1. The number of aliphatic hydroxyl groups is 1. The first-order valence-corrected chi connectivity index (χ1v) is 12.2. The van der Waals surface area contributed by atoms with E-state index in [9.17, 15) is 18.8 Å². The van der Waals surface area contributed by atoms with Crippen LogP contribution >= 0.6 is 0 Å². The fraction of sp³-hybridized carbons (Fsp3) is 0.619. The Hall–Kier alpha value is -2.15. The molecule has 1 aliphatic carbocycles. The predicted molar refractivity (Wildman–Crippen MR) is 115 cm³/mol. The standard InChI is InChI=1S/C21H29N5O3S/c1-21(27)7-9-26(14-21)30(28,29)13-16-4-2-15(3-5-16)11-24-19-17(10-22)12-25-20-18(19)6-8-23-20/h6,8,12,15-16,27H,2-5,7,9,11,13-14H2,1H3,(H2,23,24,25). The van der Waals surface area contributed by atoms with E-state index >= 15 is 0 Å². The molecule has 3 N–H and O–H groups in total. The van der Waals surface area contributed by atoms with Crippen molar-refractivity contribution in [3.05, 3.63) is 24.0 Å². The number of hydrogen-bond donors (Lipinski definition) is 3. The topological polar surface area (TPSA) is 122 Å². The van der Waals surface area contributed by atoms with Crippen LogP contribution in [0.3, 0.4) is 0 Å². The number of sulfonamides is 1. The zero-order valence-corrected chi connectivity index (χ0v) is 18.1. The predicted octanol–water partition coefficient (Wildman–Crippen LogP) is 2.44. The van der Waals surface area contributed by atoms with Gasteiger partial charge in [0.25, 0.3) is 0 Å². The Labute approximate surface area is 177 Å². The van der Waals surface area contributed by atoms with E-state index in [1.165, 1.54) is 4.31 Å². The molecule has 0 bridgehead atoms. The SMILES string of the molecule is CC1(O)CCN(S(=O)(=O)CC2CCC(CNc3c(C#N)cnc4[nH]ccc34)CC2)C1. The number of nitriles is 1. The van der Waals surface area contributed by atoms with Gasteiger partial charge in [-0.15, -0.1) is 0 Å². The molecule has 162 valence electrons. The van der Waals surface area contributed by atoms with Crippen molar-refractivity contribution in [2.75, 3.05) is 30.7 Å². The van der Waals surface area contributed by atoms with E-state index in [2.05, 4.69) is 21.4 Å². The Morgan fingerprint density at radius 1 is 1.37 bits per heavy atom. The minimum Gasteiger partial charge on any atom is -0.389 e. The molecule has 9 heteroatoms. The van der Waals surface area contributed by atoms with Crippen molar-refractivity contribution in [2.24, 2.45) is 11.8 Å². The smallest absolute Gasteiger partial charge is 0.214 e. The van der Waals surface area contributed by atoms with Crippen LogP contribution < -0.4 is 5.32 Å². The van der Waals surface area contributed by atoms with E-state index in [1.807, 2.05) is 12.3 Å². The van der Waals surface area contributed by atoms with Crippen molar-refractivity contribution >= 4 is 26.7 Å². The van der Waals surface area contributed by atoms with Gasteiger partial charge in [0, 0.05) is 37.4 Å². The Balaban J connectivity index is 1.31. The van der Waals surface area contributed by atoms with Crippen LogP contribution in [0.15, 0.2) is 18.5 Å². The largest absolute Gasteiger partial charge is 0.389 e. The van der Waals surface area contributed by atoms with Gasteiger partial charge in [0.15, 0.2) is 0 Å². The summed E-state index contributed by atoms with van der Waals surface area (Å²) in [4.78, 5) is 7.33. The van der Waals surface area contributed by atoms with Crippen LogP contribution in [-0.4, -0.2) is 58.8 Å². The van der Waals surface area contributed by atoms with Gasteiger partial charge in [0.1, 0.15) is 11.7 Å². The van der Waals surface area contributed by atoms with E-state index in [-0.39, 0.29) is 18.2 Å². The van der Waals surface area contributed by atoms with Gasteiger partial charge in [-0.2, -0.15) is 9.57 Å². The maximum atomic E-state index is 12.7. The molecule has 2 aliphatic rings. The number of hydrogen-bond acceptors (Lipinski definition) is 6. The molecule has 4 rings (SSSR count). The van der Waals surface area contributed by atoms with Crippen LogP contribution in [0.2, 0.25) is 0 Å². The molecule has 2 aromatic heterocycles. The first-order valence-electron chi connectivity index (χ1n) is 10.6. The summed E-state index contributed by atoms with van der Waals surface area (Å²) < 4.78 is 26.9. The summed E-state index contributed by atoms with van der Waals surface area (Å²) in [5.74, 6) is 0.796. The lowest BCUT2D eigenvalue weighted by atomic mass is 9.83. The van der Waals surface area contributed by atoms with E-state index in [1.54, 1.807) is 13.1 Å². The zero-order chi connectivity index (χ0) is 21.4. The van der Waals surface area contributed by atoms with Crippen LogP contribution in [0.4, 0.5) is 5.69 Å². The minimum absolute atomic E-state index is 0.170. The summed E-state index contributed by atoms with van der Waals surface area (Å²) in [5, 5.41) is 23.8. The quantitative estimate of drug-likeness (QED) is 0.646. The van der Waals surface area contributed by atoms with Crippen molar-refractivity contribution in [1.29, 1.82) is 5.26 Å². The van der Waals surface area contributed by atoms with Crippen molar-refractivity contribution < 1.29 is 13.5 Å². The molecule has 1 atom stereocenters. The van der Waals surface area contributed by atoms with Crippen molar-refractivity contribution in [3.63, 3.8) is 0 Å². The third-order valence-electron chi connectivity index (χ3n) is 6.50. The van der Waals surface area contributed by atoms with Gasteiger partial charge in [-0.05, 0) is 56.9 Å². The molecule has 0 amide bonds. The van der Waals surface area contributed by atoms with Crippen LogP contribution in [0.25, 0.3) is 11.0 Å². The summed E-state index contributed by atoms with van der Waals surface area (Å²) in [5.41, 5.74) is 1.19. The lowest BCUT2D eigenvalue weighted by molar-refractivity contribution is 0.0762. The number of H-pyrrole nitrogens is 1. The Morgan fingerprint density at radius 3 is 2.77 bits per heavy atom. The summed E-state index contributed by atoms with van der Waals surface area (Å²) in [6.07, 6.45) is 7.60. The highest BCUT2D eigenvalue weighted by atomic mass is 32.2. The van der Waals surface area contributed by atoms with Gasteiger partial charge in [0.05, 0.1) is 22.6 Å². The summed E-state index contributed by atoms with van der Waals surface area (Å²) in [6.45, 7) is 3.07. The second kappa shape index (κ2) is 8.17. The normalized spacial score (nSPS) is 27.9. The molecule has 1 unspecified atom stereocenters. The number of β-amino-alcohol motifs (C(OH)–C–C–N with tert-alkyl or cyclic N) is 1. The van der Waals surface area contributed by atoms with Crippen LogP contribution in [0, 0.1) is 23.2 Å². The molecule has 8 nitrogen and oxygen atoms in total. The molecule has 1 saturated heterocycles. The average molecular weight is 432 g/mol. The first-order chi connectivity index (χ1) is 14.3. The van der Waals surface area contributed by atoms with Crippen LogP contribution in [0.1, 0.15) is 44.6 Å². The number of anilines is 1. The molecular weight excluding hydrogens is 402 g/mol. The molecular formula is C21H29N5O3S. The molecule has 0 radical (unpaired) electrons. The van der Waals surface area contributed by atoms with Gasteiger partial charge in [-0.1, -0.05) is 0 Å². The van der Waals surface area contributed by atoms with Gasteiger partial charge in [-0.3, -0.25) is 0 Å². The number of nitrogens with zero attached hydrogens (tertiary/aromatic N) is 3. The third-order valence-corrected chi connectivity index (χ3v) is 8.49. The molecule has 2 fully saturated rings. The minimum atomic E-state index is -3.32. The molecule has 0 aromatic carbocycles. The zero-order valence-electron chi connectivity index (χ0n) is 17.3. The lowest BCUT2D eigenvalue weighted by Gasteiger charge is -2.30. The molecule has 3 heterocycles. The second-order valence-corrected chi connectivity index (χ2v) is 11.0.